The van der Waals surface area contributed by atoms with Gasteiger partial charge in [0.05, 0.1) is 33.3 Å². The lowest BCUT2D eigenvalue weighted by Gasteiger charge is -2.30. The Balaban J connectivity index is 1.40. The average Bonchev–Trinajstić information content (AvgIpc) is 2.99. The van der Waals surface area contributed by atoms with E-state index in [1.54, 1.807) is 24.0 Å². The quantitative estimate of drug-likeness (QED) is 0.484. The van der Waals surface area contributed by atoms with Gasteiger partial charge < -0.3 is 28.9 Å². The van der Waals surface area contributed by atoms with Gasteiger partial charge >= 0.3 is 0 Å². The number of anilines is 1. The predicted molar refractivity (Wildman–Crippen MR) is 159 cm³/mol. The standard InChI is InChI=1S/C33H39N3O5/c1-24-19-26(7-9-30(24)39-3)22-32(37)36-12-11-34(2)33(38)27-6-4-5-25(20-27)21-28-23-29(35-13-16-40-17-14-35)8-10-31(28)41-18-15-36/h4-10,19-20,23H,11-18,21-22H2,1-3H3. The van der Waals surface area contributed by atoms with Crippen LogP contribution in [0.15, 0.2) is 60.7 Å². The van der Waals surface area contributed by atoms with Crippen LogP contribution in [-0.4, -0.2) is 88.3 Å². The number of rotatable bonds is 4. The van der Waals surface area contributed by atoms with Crippen molar-refractivity contribution in [3.8, 4) is 11.5 Å². The average molecular weight is 558 g/mol. The van der Waals surface area contributed by atoms with Gasteiger partial charge in [-0.1, -0.05) is 24.3 Å². The maximum Gasteiger partial charge on any atom is 0.253 e. The van der Waals surface area contributed by atoms with E-state index in [1.165, 1.54) is 0 Å². The summed E-state index contributed by atoms with van der Waals surface area (Å²) >= 11 is 0. The Kier molecular flexibility index (Phi) is 9.09. The minimum Gasteiger partial charge on any atom is -0.496 e. The molecule has 8 nitrogen and oxygen atoms in total. The number of methoxy groups -OCH3 is 1. The second-order valence-corrected chi connectivity index (χ2v) is 10.7. The van der Waals surface area contributed by atoms with E-state index >= 15 is 0 Å². The van der Waals surface area contributed by atoms with E-state index in [2.05, 4.69) is 23.1 Å². The maximum atomic E-state index is 13.5. The number of carbonyl (C=O) groups excluding carboxylic acids is 2. The van der Waals surface area contributed by atoms with E-state index in [9.17, 15) is 9.59 Å². The van der Waals surface area contributed by atoms with Crippen LogP contribution in [-0.2, 0) is 22.4 Å². The van der Waals surface area contributed by atoms with E-state index in [-0.39, 0.29) is 18.2 Å². The minimum atomic E-state index is -0.0550. The van der Waals surface area contributed by atoms with Crippen molar-refractivity contribution < 1.29 is 23.8 Å². The number of morpholine rings is 1. The van der Waals surface area contributed by atoms with Gasteiger partial charge in [-0.3, -0.25) is 9.59 Å². The first kappa shape index (κ1) is 28.5. The Labute approximate surface area is 242 Å². The fraction of sp³-hybridized carbons (Fsp3) is 0.394. The molecule has 2 bridgehead atoms. The lowest BCUT2D eigenvalue weighted by Crippen LogP contribution is -2.42. The summed E-state index contributed by atoms with van der Waals surface area (Å²) in [5.74, 6) is 1.54. The Morgan fingerprint density at radius 3 is 2.54 bits per heavy atom. The van der Waals surface area contributed by atoms with Gasteiger partial charge in [0.1, 0.15) is 18.1 Å². The normalized spacial score (nSPS) is 16.5. The van der Waals surface area contributed by atoms with Gasteiger partial charge in [-0.25, -0.2) is 0 Å². The number of hydrogen-bond acceptors (Lipinski definition) is 6. The van der Waals surface area contributed by atoms with E-state index in [0.29, 0.717) is 51.4 Å². The first-order chi connectivity index (χ1) is 19.9. The van der Waals surface area contributed by atoms with E-state index in [0.717, 1.165) is 52.5 Å². The smallest absolute Gasteiger partial charge is 0.253 e. The van der Waals surface area contributed by atoms with Crippen molar-refractivity contribution in [2.45, 2.75) is 19.8 Å². The largest absolute Gasteiger partial charge is 0.496 e. The number of amides is 2. The summed E-state index contributed by atoms with van der Waals surface area (Å²) in [5.41, 5.74) is 5.79. The zero-order chi connectivity index (χ0) is 28.8. The molecule has 2 amide bonds. The lowest BCUT2D eigenvalue weighted by atomic mass is 10.0. The lowest BCUT2D eigenvalue weighted by molar-refractivity contribution is -0.131. The van der Waals surface area contributed by atoms with Crippen LogP contribution in [0.3, 0.4) is 0 Å². The molecule has 0 N–H and O–H groups in total. The molecule has 0 saturated carbocycles. The Morgan fingerprint density at radius 2 is 1.76 bits per heavy atom. The molecule has 0 aliphatic carbocycles. The number of benzene rings is 3. The molecule has 2 aliphatic rings. The molecule has 1 saturated heterocycles. The highest BCUT2D eigenvalue weighted by Gasteiger charge is 2.20. The van der Waals surface area contributed by atoms with Crippen molar-refractivity contribution in [2.24, 2.45) is 0 Å². The fourth-order valence-corrected chi connectivity index (χ4v) is 5.45. The van der Waals surface area contributed by atoms with Crippen molar-refractivity contribution in [1.82, 2.24) is 9.80 Å². The number of aryl methyl sites for hydroxylation is 1. The molecule has 41 heavy (non-hydrogen) atoms. The van der Waals surface area contributed by atoms with Gasteiger partial charge in [0, 0.05) is 56.5 Å². The van der Waals surface area contributed by atoms with Crippen LogP contribution in [0.1, 0.15) is 32.6 Å². The third-order valence-corrected chi connectivity index (χ3v) is 7.83. The van der Waals surface area contributed by atoms with Crippen LogP contribution in [0, 0.1) is 6.92 Å². The monoisotopic (exact) mass is 557 g/mol. The van der Waals surface area contributed by atoms with Crippen LogP contribution in [0.4, 0.5) is 5.69 Å². The molecule has 5 rings (SSSR count). The van der Waals surface area contributed by atoms with Crippen LogP contribution < -0.4 is 14.4 Å². The third-order valence-electron chi connectivity index (χ3n) is 7.83. The number of ether oxygens (including phenoxy) is 3. The highest BCUT2D eigenvalue weighted by Crippen LogP contribution is 2.29. The van der Waals surface area contributed by atoms with Crippen molar-refractivity contribution >= 4 is 17.5 Å². The number of fused-ring (bicyclic) bond motifs is 3. The second kappa shape index (κ2) is 13.1. The SMILES string of the molecule is COc1ccc(CC(=O)N2CCOc3ccc(N4CCOCC4)cc3Cc3cccc(c3)C(=O)N(C)CC2)cc1C. The highest BCUT2D eigenvalue weighted by molar-refractivity contribution is 5.94. The van der Waals surface area contributed by atoms with Gasteiger partial charge in [-0.05, 0) is 60.0 Å². The molecular weight excluding hydrogens is 518 g/mol. The molecule has 0 radical (unpaired) electrons. The van der Waals surface area contributed by atoms with E-state index in [4.69, 9.17) is 14.2 Å². The Bertz CT molecular complexity index is 1390. The first-order valence-electron chi connectivity index (χ1n) is 14.3. The highest BCUT2D eigenvalue weighted by atomic mass is 16.5. The molecule has 1 fully saturated rings. The molecular formula is C33H39N3O5. The predicted octanol–water partition coefficient (Wildman–Crippen LogP) is 3.97. The fourth-order valence-electron chi connectivity index (χ4n) is 5.45. The van der Waals surface area contributed by atoms with Gasteiger partial charge in [0.15, 0.2) is 0 Å². The Hall–Kier alpha value is -4.04. The molecule has 3 aromatic carbocycles. The molecule has 0 unspecified atom stereocenters. The summed E-state index contributed by atoms with van der Waals surface area (Å²) in [7, 11) is 3.43. The van der Waals surface area contributed by atoms with Gasteiger partial charge in [0.25, 0.3) is 5.91 Å². The molecule has 2 aliphatic heterocycles. The Morgan fingerprint density at radius 1 is 0.927 bits per heavy atom. The summed E-state index contributed by atoms with van der Waals surface area (Å²) in [5, 5.41) is 0. The summed E-state index contributed by atoms with van der Waals surface area (Å²) in [6.07, 6.45) is 0.905. The molecule has 0 aromatic heterocycles. The van der Waals surface area contributed by atoms with Gasteiger partial charge in [0.2, 0.25) is 5.91 Å². The third kappa shape index (κ3) is 7.00. The number of likely N-dealkylation sites (N-methyl/N-ethyl adjacent to an activating group) is 1. The maximum absolute atomic E-state index is 13.5. The van der Waals surface area contributed by atoms with Crippen molar-refractivity contribution in [1.29, 1.82) is 0 Å². The molecule has 8 heteroatoms. The number of hydrogen-bond donors (Lipinski definition) is 0. The number of nitrogens with zero attached hydrogens (tertiary/aromatic N) is 3. The van der Waals surface area contributed by atoms with Crippen LogP contribution >= 0.6 is 0 Å². The van der Waals surface area contributed by atoms with Gasteiger partial charge in [-0.2, -0.15) is 0 Å². The van der Waals surface area contributed by atoms with Crippen LogP contribution in [0.2, 0.25) is 0 Å². The molecule has 3 aromatic rings. The van der Waals surface area contributed by atoms with E-state index in [1.807, 2.05) is 49.4 Å². The summed E-state index contributed by atoms with van der Waals surface area (Å²) in [6.45, 7) is 6.72. The molecule has 216 valence electrons. The molecule has 0 atom stereocenters. The van der Waals surface area contributed by atoms with Gasteiger partial charge in [-0.15, -0.1) is 0 Å². The summed E-state index contributed by atoms with van der Waals surface area (Å²) in [6, 6.07) is 19.9. The second-order valence-electron chi connectivity index (χ2n) is 10.7. The summed E-state index contributed by atoms with van der Waals surface area (Å²) < 4.78 is 17.2. The topological polar surface area (TPSA) is 71.5 Å². The van der Waals surface area contributed by atoms with Crippen LogP contribution in [0.5, 0.6) is 11.5 Å². The van der Waals surface area contributed by atoms with E-state index < -0.39 is 0 Å². The molecule has 2 heterocycles. The first-order valence-corrected chi connectivity index (χ1v) is 14.3. The minimum absolute atomic E-state index is 0.00371. The zero-order valence-corrected chi connectivity index (χ0v) is 24.2. The summed E-state index contributed by atoms with van der Waals surface area (Å²) in [4.78, 5) is 32.6. The van der Waals surface area contributed by atoms with Crippen molar-refractivity contribution in [3.05, 3.63) is 88.5 Å². The van der Waals surface area contributed by atoms with Crippen LogP contribution in [0.25, 0.3) is 0 Å². The van der Waals surface area contributed by atoms with Crippen molar-refractivity contribution in [3.63, 3.8) is 0 Å². The molecule has 0 spiro atoms. The van der Waals surface area contributed by atoms with Crippen molar-refractivity contribution in [2.75, 3.05) is 71.6 Å². The zero-order valence-electron chi connectivity index (χ0n) is 24.2. The number of carbonyl (C=O) groups is 2.